The summed E-state index contributed by atoms with van der Waals surface area (Å²) in [7, 11) is 0. The van der Waals surface area contributed by atoms with E-state index in [0.29, 0.717) is 5.56 Å². The molecule has 0 radical (unpaired) electrons. The van der Waals surface area contributed by atoms with Gasteiger partial charge in [0.1, 0.15) is 12.3 Å². The van der Waals surface area contributed by atoms with Crippen LogP contribution in [-0.2, 0) is 14.3 Å². The summed E-state index contributed by atoms with van der Waals surface area (Å²) in [5.74, 6) is -1.62. The van der Waals surface area contributed by atoms with Crippen LogP contribution in [0, 0.1) is 0 Å². The molecule has 31 heavy (non-hydrogen) atoms. The van der Waals surface area contributed by atoms with Gasteiger partial charge in [0, 0.05) is 0 Å². The first-order valence-electron chi connectivity index (χ1n) is 9.26. The van der Waals surface area contributed by atoms with Gasteiger partial charge in [-0.1, -0.05) is 35.9 Å². The number of benzene rings is 2. The maximum Gasteiger partial charge on any atom is 0.345 e. The van der Waals surface area contributed by atoms with Gasteiger partial charge in [0.25, 0.3) is 11.1 Å². The molecule has 1 fully saturated rings. The first-order chi connectivity index (χ1) is 14.7. The number of carbonyl (C=O) groups is 4. The van der Waals surface area contributed by atoms with Crippen LogP contribution in [-0.4, -0.2) is 40.6 Å². The van der Waals surface area contributed by atoms with Crippen molar-refractivity contribution in [1.82, 2.24) is 4.90 Å². The molecule has 1 heterocycles. The molecule has 0 atom stereocenters. The van der Waals surface area contributed by atoms with E-state index in [9.17, 15) is 19.2 Å². The van der Waals surface area contributed by atoms with Gasteiger partial charge in [-0.25, -0.2) is 4.79 Å². The fourth-order valence-corrected chi connectivity index (χ4v) is 3.72. The van der Waals surface area contributed by atoms with Crippen LogP contribution in [0.4, 0.5) is 4.79 Å². The van der Waals surface area contributed by atoms with Gasteiger partial charge in [0.2, 0.25) is 0 Å². The number of hydrogen-bond acceptors (Lipinski definition) is 7. The SMILES string of the molecule is CC(C)OC(=O)CN1C(=O)S/C(=C\c2cccc(OC(=O)c3ccccc3Cl)c2)C1=O. The standard InChI is InChI=1S/C22H18ClNO6S/c1-13(2)29-19(25)12-24-20(26)18(31-22(24)28)11-14-6-5-7-15(10-14)30-21(27)16-8-3-4-9-17(16)23/h3-11,13H,12H2,1-2H3/b18-11-. The molecule has 0 N–H and O–H groups in total. The van der Waals surface area contributed by atoms with Crippen molar-refractivity contribution in [2.75, 3.05) is 6.54 Å². The van der Waals surface area contributed by atoms with Gasteiger partial charge < -0.3 is 9.47 Å². The molecule has 2 amide bonds. The summed E-state index contributed by atoms with van der Waals surface area (Å²) in [5.41, 5.74) is 0.767. The van der Waals surface area contributed by atoms with E-state index in [1.807, 2.05) is 0 Å². The second-order valence-corrected chi connectivity index (χ2v) is 8.15. The fraction of sp³-hybridized carbons (Fsp3) is 0.182. The lowest BCUT2D eigenvalue weighted by atomic mass is 10.2. The second kappa shape index (κ2) is 9.80. The van der Waals surface area contributed by atoms with Gasteiger partial charge in [0.15, 0.2) is 0 Å². The van der Waals surface area contributed by atoms with Crippen molar-refractivity contribution in [1.29, 1.82) is 0 Å². The maximum atomic E-state index is 12.5. The van der Waals surface area contributed by atoms with Crippen LogP contribution in [0.3, 0.4) is 0 Å². The molecule has 0 aromatic heterocycles. The number of halogens is 1. The molecule has 0 spiro atoms. The molecule has 2 aromatic carbocycles. The average Bonchev–Trinajstić information content (AvgIpc) is 2.95. The highest BCUT2D eigenvalue weighted by Crippen LogP contribution is 2.32. The molecule has 3 rings (SSSR count). The van der Waals surface area contributed by atoms with E-state index >= 15 is 0 Å². The van der Waals surface area contributed by atoms with Crippen molar-refractivity contribution in [3.63, 3.8) is 0 Å². The number of ether oxygens (including phenoxy) is 2. The summed E-state index contributed by atoms with van der Waals surface area (Å²) in [6, 6.07) is 13.0. The molecule has 0 bridgehead atoms. The Balaban J connectivity index is 1.73. The summed E-state index contributed by atoms with van der Waals surface area (Å²) < 4.78 is 10.4. The van der Waals surface area contributed by atoms with Crippen molar-refractivity contribution in [2.24, 2.45) is 0 Å². The second-order valence-electron chi connectivity index (χ2n) is 6.75. The summed E-state index contributed by atoms with van der Waals surface area (Å²) in [5, 5.41) is -0.286. The Morgan fingerprint density at radius 2 is 1.87 bits per heavy atom. The molecule has 1 aliphatic rings. The fourth-order valence-electron chi connectivity index (χ4n) is 2.67. The third-order valence-corrected chi connectivity index (χ3v) is 5.23. The summed E-state index contributed by atoms with van der Waals surface area (Å²) in [6.07, 6.45) is 1.14. The van der Waals surface area contributed by atoms with E-state index in [2.05, 4.69) is 0 Å². The third kappa shape index (κ3) is 5.74. The molecule has 1 aliphatic heterocycles. The molecular formula is C22H18ClNO6S. The number of rotatable bonds is 6. The quantitative estimate of drug-likeness (QED) is 0.355. The molecule has 0 saturated carbocycles. The zero-order valence-electron chi connectivity index (χ0n) is 16.7. The van der Waals surface area contributed by atoms with Gasteiger partial charge in [0.05, 0.1) is 21.6 Å². The Bertz CT molecular complexity index is 1080. The van der Waals surface area contributed by atoms with Gasteiger partial charge in [-0.3, -0.25) is 19.3 Å². The van der Waals surface area contributed by atoms with Gasteiger partial charge >= 0.3 is 11.9 Å². The molecule has 7 nitrogen and oxygen atoms in total. The molecule has 2 aromatic rings. The molecule has 0 unspecified atom stereocenters. The van der Waals surface area contributed by atoms with Crippen LogP contribution in [0.25, 0.3) is 6.08 Å². The van der Waals surface area contributed by atoms with E-state index in [1.165, 1.54) is 6.08 Å². The maximum absolute atomic E-state index is 12.5. The minimum Gasteiger partial charge on any atom is -0.462 e. The Morgan fingerprint density at radius 1 is 1.13 bits per heavy atom. The van der Waals surface area contributed by atoms with Crippen LogP contribution >= 0.6 is 23.4 Å². The lowest BCUT2D eigenvalue weighted by Gasteiger charge is -2.13. The van der Waals surface area contributed by atoms with Crippen LogP contribution in [0.5, 0.6) is 5.75 Å². The van der Waals surface area contributed by atoms with E-state index in [4.69, 9.17) is 21.1 Å². The highest BCUT2D eigenvalue weighted by Gasteiger charge is 2.36. The van der Waals surface area contributed by atoms with Crippen molar-refractivity contribution >= 4 is 52.5 Å². The Kier molecular flexibility index (Phi) is 7.14. The van der Waals surface area contributed by atoms with Crippen LogP contribution in [0.15, 0.2) is 53.4 Å². The molecule has 9 heteroatoms. The number of imide groups is 1. The van der Waals surface area contributed by atoms with E-state index in [1.54, 1.807) is 62.4 Å². The van der Waals surface area contributed by atoms with Crippen LogP contribution in [0.2, 0.25) is 5.02 Å². The first kappa shape index (κ1) is 22.6. The lowest BCUT2D eigenvalue weighted by Crippen LogP contribution is -2.35. The topological polar surface area (TPSA) is 90.0 Å². The van der Waals surface area contributed by atoms with Crippen LogP contribution in [0.1, 0.15) is 29.8 Å². The largest absolute Gasteiger partial charge is 0.462 e. The molecular weight excluding hydrogens is 442 g/mol. The minimum atomic E-state index is -0.660. The van der Waals surface area contributed by atoms with Gasteiger partial charge in [-0.2, -0.15) is 0 Å². The third-order valence-electron chi connectivity index (χ3n) is 3.99. The monoisotopic (exact) mass is 459 g/mol. The van der Waals surface area contributed by atoms with E-state index in [-0.39, 0.29) is 27.3 Å². The molecule has 1 saturated heterocycles. The summed E-state index contributed by atoms with van der Waals surface area (Å²) in [4.78, 5) is 49.8. The number of carbonyl (C=O) groups excluding carboxylic acids is 4. The Hall–Kier alpha value is -3.10. The molecule has 0 aliphatic carbocycles. The normalized spacial score (nSPS) is 15.0. The first-order valence-corrected chi connectivity index (χ1v) is 10.5. The zero-order chi connectivity index (χ0) is 22.5. The highest BCUT2D eigenvalue weighted by molar-refractivity contribution is 8.18. The van der Waals surface area contributed by atoms with Crippen molar-refractivity contribution < 1.29 is 28.7 Å². The van der Waals surface area contributed by atoms with Gasteiger partial charge in [-0.05, 0) is 61.5 Å². The molecule has 160 valence electrons. The zero-order valence-corrected chi connectivity index (χ0v) is 18.2. The smallest absolute Gasteiger partial charge is 0.345 e. The van der Waals surface area contributed by atoms with Crippen molar-refractivity contribution in [2.45, 2.75) is 20.0 Å². The average molecular weight is 460 g/mol. The number of amides is 2. The number of hydrogen-bond donors (Lipinski definition) is 0. The lowest BCUT2D eigenvalue weighted by molar-refractivity contribution is -0.149. The highest BCUT2D eigenvalue weighted by atomic mass is 35.5. The van der Waals surface area contributed by atoms with Gasteiger partial charge in [-0.15, -0.1) is 0 Å². The van der Waals surface area contributed by atoms with Crippen LogP contribution < -0.4 is 4.74 Å². The number of thioether (sulfide) groups is 1. The summed E-state index contributed by atoms with van der Waals surface area (Å²) >= 11 is 6.74. The van der Waals surface area contributed by atoms with Crippen molar-refractivity contribution in [3.05, 3.63) is 69.6 Å². The van der Waals surface area contributed by atoms with E-state index in [0.717, 1.165) is 16.7 Å². The Morgan fingerprint density at radius 3 is 2.58 bits per heavy atom. The number of esters is 2. The van der Waals surface area contributed by atoms with E-state index < -0.39 is 29.6 Å². The summed E-state index contributed by atoms with van der Waals surface area (Å²) in [6.45, 7) is 2.91. The Labute approximate surface area is 188 Å². The minimum absolute atomic E-state index is 0.150. The predicted molar refractivity (Wildman–Crippen MR) is 117 cm³/mol. The predicted octanol–water partition coefficient (Wildman–Crippen LogP) is 4.55. The van der Waals surface area contributed by atoms with Crippen molar-refractivity contribution in [3.8, 4) is 5.75 Å². The number of nitrogens with zero attached hydrogens (tertiary/aromatic N) is 1.